The Morgan fingerprint density at radius 3 is 2.96 bits per heavy atom. The minimum Gasteiger partial charge on any atom is -0.481 e. The van der Waals surface area contributed by atoms with Gasteiger partial charge in [-0.15, -0.1) is 0 Å². The van der Waals surface area contributed by atoms with Crippen molar-refractivity contribution < 1.29 is 9.53 Å². The second kappa shape index (κ2) is 7.77. The molecule has 1 aromatic carbocycles. The fourth-order valence-corrected chi connectivity index (χ4v) is 2.79. The maximum atomic E-state index is 12.1. The van der Waals surface area contributed by atoms with E-state index in [0.29, 0.717) is 18.9 Å². The van der Waals surface area contributed by atoms with Gasteiger partial charge in [0.15, 0.2) is 6.10 Å². The quantitative estimate of drug-likeness (QED) is 0.761. The van der Waals surface area contributed by atoms with Gasteiger partial charge in [-0.05, 0) is 49.4 Å². The van der Waals surface area contributed by atoms with Crippen molar-refractivity contribution in [2.75, 3.05) is 18.4 Å². The molecule has 0 saturated carbocycles. The minimum atomic E-state index is -0.527. The molecule has 2 N–H and O–H groups in total. The average molecular weight is 326 g/mol. The Morgan fingerprint density at radius 2 is 2.12 bits per heavy atom. The standard InChI is InChI=1S/C18H22N4O2/c1-13(24-16-6-5-14-3-2-4-15(14)11-16)18(23)22-10-9-21-17-12-19-7-8-20-17/h5-8,11-13H,2-4,9-10H2,1H3,(H,20,21)(H,22,23). The number of hydrogen-bond donors (Lipinski definition) is 2. The Bertz CT molecular complexity index is 691. The zero-order chi connectivity index (χ0) is 16.8. The number of ether oxygens (including phenoxy) is 1. The molecule has 24 heavy (non-hydrogen) atoms. The lowest BCUT2D eigenvalue weighted by atomic mass is 10.1. The molecule has 1 aliphatic rings. The minimum absolute atomic E-state index is 0.128. The molecule has 1 unspecified atom stereocenters. The molecular weight excluding hydrogens is 304 g/mol. The smallest absolute Gasteiger partial charge is 0.260 e. The van der Waals surface area contributed by atoms with Gasteiger partial charge in [-0.25, -0.2) is 4.98 Å². The molecule has 6 nitrogen and oxygen atoms in total. The number of aryl methyl sites for hydroxylation is 2. The number of carbonyl (C=O) groups excluding carboxylic acids is 1. The topological polar surface area (TPSA) is 76.1 Å². The Kier molecular flexibility index (Phi) is 5.25. The fourth-order valence-electron chi connectivity index (χ4n) is 2.79. The molecule has 126 valence electrons. The molecule has 1 heterocycles. The van der Waals surface area contributed by atoms with Crippen LogP contribution >= 0.6 is 0 Å². The van der Waals surface area contributed by atoms with Crippen LogP contribution in [0, 0.1) is 0 Å². The highest BCUT2D eigenvalue weighted by atomic mass is 16.5. The Labute approximate surface area is 141 Å². The first-order chi connectivity index (χ1) is 11.7. The van der Waals surface area contributed by atoms with Gasteiger partial charge >= 0.3 is 0 Å². The molecular formula is C18H22N4O2. The molecule has 2 aromatic rings. The van der Waals surface area contributed by atoms with Crippen molar-refractivity contribution >= 4 is 11.7 Å². The van der Waals surface area contributed by atoms with Crippen LogP contribution in [0.1, 0.15) is 24.5 Å². The van der Waals surface area contributed by atoms with Gasteiger partial charge in [0.25, 0.3) is 5.91 Å². The summed E-state index contributed by atoms with van der Waals surface area (Å²) in [5.41, 5.74) is 2.74. The monoisotopic (exact) mass is 326 g/mol. The summed E-state index contributed by atoms with van der Waals surface area (Å²) in [6.07, 6.45) is 7.79. The molecule has 0 bridgehead atoms. The first-order valence-electron chi connectivity index (χ1n) is 8.28. The third-order valence-electron chi connectivity index (χ3n) is 4.05. The summed E-state index contributed by atoms with van der Waals surface area (Å²) in [5, 5.41) is 5.94. The van der Waals surface area contributed by atoms with Crippen molar-refractivity contribution in [1.29, 1.82) is 0 Å². The molecule has 1 aliphatic carbocycles. The molecule has 1 amide bonds. The highest BCUT2D eigenvalue weighted by Crippen LogP contribution is 2.26. The third-order valence-corrected chi connectivity index (χ3v) is 4.05. The zero-order valence-corrected chi connectivity index (χ0v) is 13.8. The molecule has 0 aliphatic heterocycles. The highest BCUT2D eigenvalue weighted by molar-refractivity contribution is 5.80. The predicted octanol–water partition coefficient (Wildman–Crippen LogP) is 1.96. The van der Waals surface area contributed by atoms with Crippen LogP contribution in [0.5, 0.6) is 5.75 Å². The van der Waals surface area contributed by atoms with Crippen molar-refractivity contribution in [3.8, 4) is 5.75 Å². The number of amides is 1. The molecule has 0 spiro atoms. The van der Waals surface area contributed by atoms with Crippen LogP contribution in [0.3, 0.4) is 0 Å². The van der Waals surface area contributed by atoms with Gasteiger partial charge in [-0.2, -0.15) is 0 Å². The van der Waals surface area contributed by atoms with E-state index >= 15 is 0 Å². The summed E-state index contributed by atoms with van der Waals surface area (Å²) in [7, 11) is 0. The van der Waals surface area contributed by atoms with Crippen LogP contribution in [0.15, 0.2) is 36.8 Å². The fraction of sp³-hybridized carbons (Fsp3) is 0.389. The van der Waals surface area contributed by atoms with E-state index in [1.165, 1.54) is 17.5 Å². The molecule has 6 heteroatoms. The number of carbonyl (C=O) groups is 1. The van der Waals surface area contributed by atoms with Gasteiger partial charge in [0.2, 0.25) is 0 Å². The third kappa shape index (κ3) is 4.22. The van der Waals surface area contributed by atoms with Crippen molar-refractivity contribution in [3.05, 3.63) is 47.9 Å². The lowest BCUT2D eigenvalue weighted by Gasteiger charge is -2.15. The average Bonchev–Trinajstić information content (AvgIpc) is 3.07. The van der Waals surface area contributed by atoms with E-state index in [1.807, 2.05) is 6.07 Å². The number of hydrogen-bond acceptors (Lipinski definition) is 5. The van der Waals surface area contributed by atoms with Crippen LogP contribution in [0.2, 0.25) is 0 Å². The number of nitrogens with one attached hydrogen (secondary N) is 2. The van der Waals surface area contributed by atoms with Gasteiger partial charge in [0.1, 0.15) is 11.6 Å². The lowest BCUT2D eigenvalue weighted by Crippen LogP contribution is -2.38. The Balaban J connectivity index is 1.41. The number of benzene rings is 1. The molecule has 1 aromatic heterocycles. The number of fused-ring (bicyclic) bond motifs is 1. The van der Waals surface area contributed by atoms with Crippen LogP contribution in [0.4, 0.5) is 5.82 Å². The molecule has 1 atom stereocenters. The first kappa shape index (κ1) is 16.2. The first-order valence-corrected chi connectivity index (χ1v) is 8.28. The summed E-state index contributed by atoms with van der Waals surface area (Å²) in [6, 6.07) is 6.11. The van der Waals surface area contributed by atoms with Gasteiger partial charge in [-0.1, -0.05) is 6.07 Å². The summed E-state index contributed by atoms with van der Waals surface area (Å²) in [5.74, 6) is 1.32. The van der Waals surface area contributed by atoms with Gasteiger partial charge in [0, 0.05) is 25.5 Å². The SMILES string of the molecule is CC(Oc1ccc2c(c1)CCC2)C(=O)NCCNc1cnccn1. The van der Waals surface area contributed by atoms with Gasteiger partial charge < -0.3 is 15.4 Å². The summed E-state index contributed by atoms with van der Waals surface area (Å²) in [6.45, 7) is 2.84. The summed E-state index contributed by atoms with van der Waals surface area (Å²) >= 11 is 0. The van der Waals surface area contributed by atoms with Crippen LogP contribution in [0.25, 0.3) is 0 Å². The molecule has 0 fully saturated rings. The number of anilines is 1. The van der Waals surface area contributed by atoms with Crippen LogP contribution < -0.4 is 15.4 Å². The van der Waals surface area contributed by atoms with E-state index in [-0.39, 0.29) is 5.91 Å². The maximum Gasteiger partial charge on any atom is 0.260 e. The largest absolute Gasteiger partial charge is 0.481 e. The van der Waals surface area contributed by atoms with E-state index in [4.69, 9.17) is 4.74 Å². The number of nitrogens with zero attached hydrogens (tertiary/aromatic N) is 2. The van der Waals surface area contributed by atoms with E-state index in [1.54, 1.807) is 25.5 Å². The van der Waals surface area contributed by atoms with E-state index < -0.39 is 6.10 Å². The highest BCUT2D eigenvalue weighted by Gasteiger charge is 2.16. The van der Waals surface area contributed by atoms with Crippen molar-refractivity contribution in [3.63, 3.8) is 0 Å². The lowest BCUT2D eigenvalue weighted by molar-refractivity contribution is -0.127. The Hall–Kier alpha value is -2.63. The second-order valence-corrected chi connectivity index (χ2v) is 5.85. The molecule has 0 radical (unpaired) electrons. The van der Waals surface area contributed by atoms with E-state index in [0.717, 1.165) is 18.6 Å². The Morgan fingerprint density at radius 1 is 1.25 bits per heavy atom. The molecule has 3 rings (SSSR count). The number of rotatable bonds is 7. The van der Waals surface area contributed by atoms with E-state index in [2.05, 4.69) is 32.7 Å². The van der Waals surface area contributed by atoms with Crippen LogP contribution in [-0.4, -0.2) is 35.1 Å². The molecule has 0 saturated heterocycles. The van der Waals surface area contributed by atoms with Gasteiger partial charge in [-0.3, -0.25) is 9.78 Å². The summed E-state index contributed by atoms with van der Waals surface area (Å²) < 4.78 is 5.76. The van der Waals surface area contributed by atoms with Crippen LogP contribution in [-0.2, 0) is 17.6 Å². The summed E-state index contributed by atoms with van der Waals surface area (Å²) in [4.78, 5) is 20.2. The maximum absolute atomic E-state index is 12.1. The number of aromatic nitrogens is 2. The normalized spacial score (nSPS) is 13.9. The second-order valence-electron chi connectivity index (χ2n) is 5.85. The van der Waals surface area contributed by atoms with Crippen molar-refractivity contribution in [1.82, 2.24) is 15.3 Å². The van der Waals surface area contributed by atoms with Crippen molar-refractivity contribution in [2.24, 2.45) is 0 Å². The van der Waals surface area contributed by atoms with Crippen molar-refractivity contribution in [2.45, 2.75) is 32.3 Å². The van der Waals surface area contributed by atoms with E-state index in [9.17, 15) is 4.79 Å². The van der Waals surface area contributed by atoms with Gasteiger partial charge in [0.05, 0.1) is 6.20 Å². The zero-order valence-electron chi connectivity index (χ0n) is 13.8. The predicted molar refractivity (Wildman–Crippen MR) is 92.1 cm³/mol.